The monoisotopic (exact) mass is 525 g/mol. The summed E-state index contributed by atoms with van der Waals surface area (Å²) in [5.74, 6) is 1.25. The SMILES string of the molecule is CCCOc1ccc(CN=C(NCC)NC2CC3CCC2O3)c(OC(F)F)c1.I. The van der Waals surface area contributed by atoms with Crippen LogP contribution in [-0.4, -0.2) is 44.0 Å². The summed E-state index contributed by atoms with van der Waals surface area (Å²) in [6.07, 6.45) is 4.55. The summed E-state index contributed by atoms with van der Waals surface area (Å²) in [5, 5.41) is 6.63. The van der Waals surface area contributed by atoms with Crippen molar-refractivity contribution in [3.05, 3.63) is 23.8 Å². The van der Waals surface area contributed by atoms with Crippen LogP contribution in [0.2, 0.25) is 0 Å². The summed E-state index contributed by atoms with van der Waals surface area (Å²) >= 11 is 0. The van der Waals surface area contributed by atoms with Crippen LogP contribution < -0.4 is 20.1 Å². The van der Waals surface area contributed by atoms with Gasteiger partial charge < -0.3 is 24.8 Å². The Hall–Kier alpha value is -1.36. The van der Waals surface area contributed by atoms with Gasteiger partial charge in [0.2, 0.25) is 0 Å². The van der Waals surface area contributed by atoms with E-state index in [9.17, 15) is 8.78 Å². The molecule has 2 bridgehead atoms. The molecule has 3 unspecified atom stereocenters. The van der Waals surface area contributed by atoms with E-state index in [-0.39, 0.29) is 48.4 Å². The van der Waals surface area contributed by atoms with Crippen LogP contribution in [0.25, 0.3) is 0 Å². The maximum atomic E-state index is 12.8. The molecule has 0 saturated carbocycles. The average molecular weight is 525 g/mol. The van der Waals surface area contributed by atoms with Crippen molar-refractivity contribution in [2.24, 2.45) is 4.99 Å². The molecule has 0 aromatic heterocycles. The highest BCUT2D eigenvalue weighted by Gasteiger charge is 2.41. The Kier molecular flexibility index (Phi) is 9.67. The van der Waals surface area contributed by atoms with Crippen molar-refractivity contribution in [1.82, 2.24) is 10.6 Å². The number of alkyl halides is 2. The van der Waals surface area contributed by atoms with Crippen molar-refractivity contribution in [3.63, 3.8) is 0 Å². The van der Waals surface area contributed by atoms with Crippen molar-refractivity contribution >= 4 is 29.9 Å². The fourth-order valence-electron chi connectivity index (χ4n) is 3.63. The third-order valence-corrected chi connectivity index (χ3v) is 4.91. The molecule has 164 valence electrons. The maximum Gasteiger partial charge on any atom is 0.387 e. The molecule has 1 aromatic rings. The second-order valence-electron chi connectivity index (χ2n) is 7.05. The quantitative estimate of drug-likeness (QED) is 0.289. The van der Waals surface area contributed by atoms with Crippen LogP contribution in [0.4, 0.5) is 8.78 Å². The number of ether oxygens (including phenoxy) is 3. The first-order valence-corrected chi connectivity index (χ1v) is 9.99. The van der Waals surface area contributed by atoms with Gasteiger partial charge in [-0.1, -0.05) is 6.92 Å². The van der Waals surface area contributed by atoms with Crippen molar-refractivity contribution in [2.45, 2.75) is 70.9 Å². The first-order chi connectivity index (χ1) is 13.6. The van der Waals surface area contributed by atoms with Gasteiger partial charge in [-0.15, -0.1) is 24.0 Å². The summed E-state index contributed by atoms with van der Waals surface area (Å²) in [7, 11) is 0. The zero-order valence-electron chi connectivity index (χ0n) is 16.8. The molecule has 2 fully saturated rings. The van der Waals surface area contributed by atoms with Gasteiger partial charge in [0, 0.05) is 18.2 Å². The van der Waals surface area contributed by atoms with E-state index in [1.54, 1.807) is 12.1 Å². The summed E-state index contributed by atoms with van der Waals surface area (Å²) in [6, 6.07) is 5.20. The Labute approximate surface area is 187 Å². The van der Waals surface area contributed by atoms with E-state index in [4.69, 9.17) is 9.47 Å². The third-order valence-electron chi connectivity index (χ3n) is 4.91. The Morgan fingerprint density at radius 2 is 2.14 bits per heavy atom. The van der Waals surface area contributed by atoms with Crippen LogP contribution in [0.1, 0.15) is 45.1 Å². The second kappa shape index (κ2) is 11.7. The predicted octanol–water partition coefficient (Wildman–Crippen LogP) is 4.07. The fourth-order valence-corrected chi connectivity index (χ4v) is 3.63. The van der Waals surface area contributed by atoms with Crippen LogP contribution in [-0.2, 0) is 11.3 Å². The molecule has 9 heteroatoms. The van der Waals surface area contributed by atoms with Gasteiger partial charge in [-0.25, -0.2) is 4.99 Å². The minimum absolute atomic E-state index is 0. The minimum atomic E-state index is -2.90. The molecular formula is C20H30F2IN3O3. The minimum Gasteiger partial charge on any atom is -0.493 e. The van der Waals surface area contributed by atoms with Crippen LogP contribution in [0.15, 0.2) is 23.2 Å². The number of halogens is 3. The zero-order valence-corrected chi connectivity index (χ0v) is 19.2. The molecule has 2 saturated heterocycles. The number of hydrogen-bond donors (Lipinski definition) is 2. The Balaban J connectivity index is 0.00000300. The van der Waals surface area contributed by atoms with Gasteiger partial charge in [0.15, 0.2) is 5.96 Å². The number of nitrogens with zero attached hydrogens (tertiary/aromatic N) is 1. The summed E-state index contributed by atoms with van der Waals surface area (Å²) in [4.78, 5) is 4.56. The highest BCUT2D eigenvalue weighted by Crippen LogP contribution is 2.34. The molecule has 3 rings (SSSR count). The molecule has 0 spiro atoms. The molecule has 0 aliphatic carbocycles. The van der Waals surface area contributed by atoms with Gasteiger partial charge in [0.1, 0.15) is 11.5 Å². The van der Waals surface area contributed by atoms with Crippen molar-refractivity contribution < 1.29 is 23.0 Å². The van der Waals surface area contributed by atoms with Gasteiger partial charge in [-0.2, -0.15) is 8.78 Å². The molecule has 3 atom stereocenters. The van der Waals surface area contributed by atoms with Crippen LogP contribution in [0.5, 0.6) is 11.5 Å². The lowest BCUT2D eigenvalue weighted by Crippen LogP contribution is -2.47. The Morgan fingerprint density at radius 1 is 1.31 bits per heavy atom. The topological polar surface area (TPSA) is 64.1 Å². The summed E-state index contributed by atoms with van der Waals surface area (Å²) in [5.41, 5.74) is 0.575. The smallest absolute Gasteiger partial charge is 0.387 e. The number of nitrogens with one attached hydrogen (secondary N) is 2. The van der Waals surface area contributed by atoms with Crippen molar-refractivity contribution in [1.29, 1.82) is 0 Å². The maximum absolute atomic E-state index is 12.8. The molecule has 2 aliphatic rings. The van der Waals surface area contributed by atoms with E-state index >= 15 is 0 Å². The molecular weight excluding hydrogens is 495 g/mol. The molecule has 1 aromatic carbocycles. The lowest BCUT2D eigenvalue weighted by Gasteiger charge is -2.22. The molecule has 0 amide bonds. The second-order valence-corrected chi connectivity index (χ2v) is 7.05. The number of hydrogen-bond acceptors (Lipinski definition) is 4. The number of benzene rings is 1. The number of aliphatic imine (C=N–C) groups is 1. The first kappa shape index (κ1) is 23.9. The standard InChI is InChI=1S/C20H29F2N3O3.HI/c1-3-9-26-14-6-5-13(18(11-14)28-19(21)22)12-24-20(23-4-2)25-16-10-15-7-8-17(16)27-15;/h5-6,11,15-17,19H,3-4,7-10,12H2,1-2H3,(H2,23,24,25);1H. The van der Waals surface area contributed by atoms with E-state index in [0.717, 1.165) is 25.7 Å². The van der Waals surface area contributed by atoms with Gasteiger partial charge in [-0.3, -0.25) is 0 Å². The highest BCUT2D eigenvalue weighted by atomic mass is 127. The number of fused-ring (bicyclic) bond motifs is 2. The Bertz CT molecular complexity index is 678. The number of rotatable bonds is 9. The van der Waals surface area contributed by atoms with Crippen LogP contribution >= 0.6 is 24.0 Å². The van der Waals surface area contributed by atoms with E-state index in [2.05, 4.69) is 20.4 Å². The highest BCUT2D eigenvalue weighted by molar-refractivity contribution is 14.0. The lowest BCUT2D eigenvalue weighted by molar-refractivity contribution is -0.0505. The molecule has 29 heavy (non-hydrogen) atoms. The van der Waals surface area contributed by atoms with E-state index in [1.165, 1.54) is 6.07 Å². The zero-order chi connectivity index (χ0) is 19.9. The fraction of sp³-hybridized carbons (Fsp3) is 0.650. The largest absolute Gasteiger partial charge is 0.493 e. The molecule has 6 nitrogen and oxygen atoms in total. The van der Waals surface area contributed by atoms with Gasteiger partial charge in [-0.05, 0) is 44.7 Å². The molecule has 2 aliphatic heterocycles. The number of guanidine groups is 1. The van der Waals surface area contributed by atoms with Gasteiger partial charge >= 0.3 is 6.61 Å². The van der Waals surface area contributed by atoms with Gasteiger partial charge in [0.25, 0.3) is 0 Å². The molecule has 2 heterocycles. The molecule has 0 radical (unpaired) electrons. The Morgan fingerprint density at radius 3 is 2.76 bits per heavy atom. The van der Waals surface area contributed by atoms with E-state index in [1.807, 2.05) is 13.8 Å². The van der Waals surface area contributed by atoms with E-state index < -0.39 is 6.61 Å². The van der Waals surface area contributed by atoms with Crippen molar-refractivity contribution in [3.8, 4) is 11.5 Å². The molecule has 2 N–H and O–H groups in total. The predicted molar refractivity (Wildman–Crippen MR) is 119 cm³/mol. The summed E-state index contributed by atoms with van der Waals surface area (Å²) in [6.45, 7) is 2.51. The lowest BCUT2D eigenvalue weighted by atomic mass is 9.96. The van der Waals surface area contributed by atoms with Crippen LogP contribution in [0, 0.1) is 0 Å². The average Bonchev–Trinajstić information content (AvgIpc) is 3.28. The normalized spacial score (nSPS) is 23.1. The van der Waals surface area contributed by atoms with Crippen LogP contribution in [0.3, 0.4) is 0 Å². The summed E-state index contributed by atoms with van der Waals surface area (Å²) < 4.78 is 41.7. The third kappa shape index (κ3) is 6.84. The first-order valence-electron chi connectivity index (χ1n) is 9.99. The van der Waals surface area contributed by atoms with Crippen molar-refractivity contribution in [2.75, 3.05) is 13.2 Å². The van der Waals surface area contributed by atoms with Gasteiger partial charge in [0.05, 0.1) is 31.4 Å². The van der Waals surface area contributed by atoms with E-state index in [0.29, 0.717) is 36.5 Å².